The van der Waals surface area contributed by atoms with Gasteiger partial charge in [0.25, 0.3) is 0 Å². The highest BCUT2D eigenvalue weighted by Gasteiger charge is 2.39. The minimum absolute atomic E-state index is 0.103. The molecule has 3 rings (SSSR count). The molecule has 0 unspecified atom stereocenters. The van der Waals surface area contributed by atoms with E-state index in [0.29, 0.717) is 0 Å². The Labute approximate surface area is 160 Å². The SMILES string of the molecule is CCCC1CCC([C@H]2OC[C@H](c3ccc(OCC)c(F)c3F)C[C@@H]2F)CC1. The predicted octanol–water partition coefficient (Wildman–Crippen LogP) is 6.18. The van der Waals surface area contributed by atoms with Crippen molar-refractivity contribution >= 4 is 0 Å². The standard InChI is InChI=1S/C22H31F3O2/c1-3-5-14-6-8-15(9-7-14)22-18(23)12-16(13-27-22)17-10-11-19(26-4-2)21(25)20(17)24/h10-11,14-16,18,22H,3-9,12-13H2,1-2H3/t14?,15?,16-,18+,22-/m1/s1. The summed E-state index contributed by atoms with van der Waals surface area (Å²) in [7, 11) is 0. The molecule has 1 heterocycles. The van der Waals surface area contributed by atoms with Crippen LogP contribution < -0.4 is 4.74 Å². The maximum atomic E-state index is 14.9. The summed E-state index contributed by atoms with van der Waals surface area (Å²) < 4.78 is 54.4. The molecule has 3 atom stereocenters. The van der Waals surface area contributed by atoms with E-state index in [1.54, 1.807) is 6.92 Å². The number of hydrogen-bond acceptors (Lipinski definition) is 2. The van der Waals surface area contributed by atoms with Crippen LogP contribution in [-0.2, 0) is 4.74 Å². The van der Waals surface area contributed by atoms with Crippen LogP contribution in [0, 0.1) is 23.5 Å². The Balaban J connectivity index is 1.61. The monoisotopic (exact) mass is 384 g/mol. The third-order valence-corrected chi connectivity index (χ3v) is 6.23. The molecule has 1 aromatic carbocycles. The first-order valence-electron chi connectivity index (χ1n) is 10.4. The molecule has 0 spiro atoms. The number of benzene rings is 1. The molecule has 0 amide bonds. The fourth-order valence-corrected chi connectivity index (χ4v) is 4.80. The molecule has 0 N–H and O–H groups in total. The van der Waals surface area contributed by atoms with E-state index in [1.807, 2.05) is 0 Å². The van der Waals surface area contributed by atoms with Crippen molar-refractivity contribution in [1.29, 1.82) is 0 Å². The second kappa shape index (κ2) is 9.31. The van der Waals surface area contributed by atoms with Gasteiger partial charge in [0.15, 0.2) is 11.6 Å². The summed E-state index contributed by atoms with van der Waals surface area (Å²) in [5.41, 5.74) is 0.184. The summed E-state index contributed by atoms with van der Waals surface area (Å²) in [6.07, 6.45) is 5.41. The normalized spacial score (nSPS) is 31.7. The van der Waals surface area contributed by atoms with Crippen LogP contribution in [0.3, 0.4) is 0 Å². The van der Waals surface area contributed by atoms with Gasteiger partial charge in [0.05, 0.1) is 19.3 Å². The molecule has 152 valence electrons. The lowest BCUT2D eigenvalue weighted by Gasteiger charge is -2.39. The van der Waals surface area contributed by atoms with Crippen molar-refractivity contribution in [2.24, 2.45) is 11.8 Å². The van der Waals surface area contributed by atoms with Crippen molar-refractivity contribution in [3.8, 4) is 5.75 Å². The Morgan fingerprint density at radius 1 is 1.07 bits per heavy atom. The molecule has 1 aliphatic heterocycles. The summed E-state index contributed by atoms with van der Waals surface area (Å²) in [5.74, 6) is -1.49. The van der Waals surface area contributed by atoms with Crippen LogP contribution in [-0.4, -0.2) is 25.5 Å². The first-order valence-corrected chi connectivity index (χ1v) is 10.4. The average Bonchev–Trinajstić information content (AvgIpc) is 2.67. The molecular weight excluding hydrogens is 353 g/mol. The lowest BCUT2D eigenvalue weighted by atomic mass is 9.75. The van der Waals surface area contributed by atoms with Crippen molar-refractivity contribution in [2.45, 2.75) is 77.0 Å². The Kier molecular flexibility index (Phi) is 7.07. The summed E-state index contributed by atoms with van der Waals surface area (Å²) >= 11 is 0. The van der Waals surface area contributed by atoms with Crippen molar-refractivity contribution in [3.63, 3.8) is 0 Å². The number of ether oxygens (including phenoxy) is 2. The van der Waals surface area contributed by atoms with Gasteiger partial charge in [-0.3, -0.25) is 0 Å². The lowest BCUT2D eigenvalue weighted by molar-refractivity contribution is -0.0901. The fraction of sp³-hybridized carbons (Fsp3) is 0.727. The van der Waals surface area contributed by atoms with Crippen LogP contribution in [0.25, 0.3) is 0 Å². The largest absolute Gasteiger partial charge is 0.491 e. The van der Waals surface area contributed by atoms with Crippen molar-refractivity contribution in [3.05, 3.63) is 29.3 Å². The Hall–Kier alpha value is -1.23. The van der Waals surface area contributed by atoms with E-state index in [2.05, 4.69) is 6.92 Å². The van der Waals surface area contributed by atoms with Gasteiger partial charge in [-0.05, 0) is 49.7 Å². The van der Waals surface area contributed by atoms with Gasteiger partial charge in [-0.1, -0.05) is 38.7 Å². The minimum Gasteiger partial charge on any atom is -0.491 e. The number of halogens is 3. The average molecular weight is 384 g/mol. The molecule has 1 aliphatic carbocycles. The van der Waals surface area contributed by atoms with Gasteiger partial charge < -0.3 is 9.47 Å². The topological polar surface area (TPSA) is 18.5 Å². The molecule has 2 fully saturated rings. The summed E-state index contributed by atoms with van der Waals surface area (Å²) in [6.45, 7) is 4.42. The zero-order valence-electron chi connectivity index (χ0n) is 16.4. The Bertz CT molecular complexity index is 614. The van der Waals surface area contributed by atoms with Gasteiger partial charge in [-0.15, -0.1) is 0 Å². The molecule has 2 aliphatic rings. The van der Waals surface area contributed by atoms with Gasteiger partial charge in [-0.2, -0.15) is 4.39 Å². The van der Waals surface area contributed by atoms with Gasteiger partial charge >= 0.3 is 0 Å². The highest BCUT2D eigenvalue weighted by Crippen LogP contribution is 2.41. The maximum Gasteiger partial charge on any atom is 0.200 e. The molecule has 1 aromatic rings. The summed E-state index contributed by atoms with van der Waals surface area (Å²) in [6, 6.07) is 2.92. The van der Waals surface area contributed by atoms with Crippen molar-refractivity contribution in [2.75, 3.05) is 13.2 Å². The van der Waals surface area contributed by atoms with Crippen molar-refractivity contribution < 1.29 is 22.6 Å². The third kappa shape index (κ3) is 4.61. The molecule has 5 heteroatoms. The Morgan fingerprint density at radius 2 is 1.81 bits per heavy atom. The zero-order chi connectivity index (χ0) is 19.4. The maximum absolute atomic E-state index is 14.9. The van der Waals surface area contributed by atoms with Crippen LogP contribution in [0.2, 0.25) is 0 Å². The minimum atomic E-state index is -1.13. The van der Waals surface area contributed by atoms with E-state index >= 15 is 0 Å². The third-order valence-electron chi connectivity index (χ3n) is 6.23. The van der Waals surface area contributed by atoms with E-state index in [9.17, 15) is 13.2 Å². The molecule has 0 radical (unpaired) electrons. The van der Waals surface area contributed by atoms with Crippen LogP contribution >= 0.6 is 0 Å². The second-order valence-corrected chi connectivity index (χ2v) is 8.03. The summed E-state index contributed by atoms with van der Waals surface area (Å²) in [4.78, 5) is 0. The molecule has 27 heavy (non-hydrogen) atoms. The number of hydrogen-bond donors (Lipinski definition) is 0. The van der Waals surface area contributed by atoms with E-state index in [1.165, 1.54) is 25.0 Å². The highest BCUT2D eigenvalue weighted by molar-refractivity contribution is 5.33. The van der Waals surface area contributed by atoms with E-state index in [0.717, 1.165) is 31.6 Å². The van der Waals surface area contributed by atoms with Crippen LogP contribution in [0.1, 0.15) is 70.3 Å². The van der Waals surface area contributed by atoms with Gasteiger partial charge in [0.2, 0.25) is 5.82 Å². The Morgan fingerprint density at radius 3 is 2.44 bits per heavy atom. The molecular formula is C22H31F3O2. The predicted molar refractivity (Wildman–Crippen MR) is 99.9 cm³/mol. The molecule has 1 saturated carbocycles. The first kappa shape index (κ1) is 20.5. The number of alkyl halides is 1. The second-order valence-electron chi connectivity index (χ2n) is 8.03. The summed E-state index contributed by atoms with van der Waals surface area (Å²) in [5, 5.41) is 0. The zero-order valence-corrected chi connectivity index (χ0v) is 16.4. The van der Waals surface area contributed by atoms with Crippen LogP contribution in [0.5, 0.6) is 5.75 Å². The van der Waals surface area contributed by atoms with Gasteiger partial charge in [0.1, 0.15) is 6.17 Å². The van der Waals surface area contributed by atoms with Crippen LogP contribution in [0.4, 0.5) is 13.2 Å². The highest BCUT2D eigenvalue weighted by atomic mass is 19.2. The van der Waals surface area contributed by atoms with Crippen molar-refractivity contribution in [1.82, 2.24) is 0 Å². The smallest absolute Gasteiger partial charge is 0.200 e. The first-order chi connectivity index (χ1) is 13.0. The molecule has 2 nitrogen and oxygen atoms in total. The molecule has 1 saturated heterocycles. The van der Waals surface area contributed by atoms with Gasteiger partial charge in [-0.25, -0.2) is 8.78 Å². The van der Waals surface area contributed by atoms with E-state index < -0.39 is 29.8 Å². The quantitative estimate of drug-likeness (QED) is 0.583. The van der Waals surface area contributed by atoms with E-state index in [4.69, 9.17) is 9.47 Å². The van der Waals surface area contributed by atoms with E-state index in [-0.39, 0.29) is 36.9 Å². The fourth-order valence-electron chi connectivity index (χ4n) is 4.80. The van der Waals surface area contributed by atoms with Crippen LogP contribution in [0.15, 0.2) is 12.1 Å². The lowest BCUT2D eigenvalue weighted by Crippen LogP contribution is -2.41. The number of rotatable bonds is 6. The molecule has 0 bridgehead atoms. The molecule has 0 aromatic heterocycles. The van der Waals surface area contributed by atoms with Gasteiger partial charge in [0, 0.05) is 5.92 Å².